The van der Waals surface area contributed by atoms with E-state index < -0.39 is 11.9 Å². The van der Waals surface area contributed by atoms with Gasteiger partial charge in [-0.2, -0.15) is 0 Å². The van der Waals surface area contributed by atoms with Gasteiger partial charge in [0.25, 0.3) is 0 Å². The van der Waals surface area contributed by atoms with Crippen LogP contribution in [-0.4, -0.2) is 36.1 Å². The summed E-state index contributed by atoms with van der Waals surface area (Å²) in [4.78, 5) is 24.2. The fraction of sp³-hybridized carbons (Fsp3) is 0.286. The first-order chi connectivity index (χ1) is 13.2. The van der Waals surface area contributed by atoms with Crippen molar-refractivity contribution in [1.82, 2.24) is 0 Å². The summed E-state index contributed by atoms with van der Waals surface area (Å²) in [6, 6.07) is 17.5. The average Bonchev–Trinajstić information content (AvgIpc) is 3.13. The highest BCUT2D eigenvalue weighted by molar-refractivity contribution is 5.90. The van der Waals surface area contributed by atoms with Crippen LogP contribution in [0, 0.1) is 11.8 Å². The number of hydrogen-bond acceptors (Lipinski definition) is 6. The first-order valence-electron chi connectivity index (χ1n) is 8.81. The van der Waals surface area contributed by atoms with Crippen molar-refractivity contribution in [1.29, 1.82) is 0 Å². The summed E-state index contributed by atoms with van der Waals surface area (Å²) in [6.07, 6.45) is 1.01. The van der Waals surface area contributed by atoms with Crippen molar-refractivity contribution in [3.63, 3.8) is 0 Å². The molecule has 140 valence electrons. The molecule has 6 heteroatoms. The van der Waals surface area contributed by atoms with Gasteiger partial charge in [0.1, 0.15) is 0 Å². The predicted molar refractivity (Wildman–Crippen MR) is 98.9 cm³/mol. The molecule has 3 rings (SSSR count). The zero-order valence-corrected chi connectivity index (χ0v) is 14.8. The summed E-state index contributed by atoms with van der Waals surface area (Å²) in [7, 11) is 0. The third-order valence-electron chi connectivity index (χ3n) is 4.68. The summed E-state index contributed by atoms with van der Waals surface area (Å²) in [5.74, 6) is -0.922. The number of esters is 2. The Kier molecular flexibility index (Phi) is 6.20. The first-order valence-corrected chi connectivity index (χ1v) is 8.81. The Labute approximate surface area is 157 Å². The molecule has 0 amide bonds. The van der Waals surface area contributed by atoms with Crippen molar-refractivity contribution in [2.75, 3.05) is 13.2 Å². The summed E-state index contributed by atoms with van der Waals surface area (Å²) in [5.41, 5.74) is 1.59. The number of carbonyl (C=O) groups excluding carboxylic acids is 2. The molecule has 0 spiro atoms. The Bertz CT molecular complexity index is 738. The van der Waals surface area contributed by atoms with E-state index in [1.54, 1.807) is 48.5 Å². The minimum absolute atomic E-state index is 0.0628. The van der Waals surface area contributed by atoms with Gasteiger partial charge in [-0.3, -0.25) is 0 Å². The van der Waals surface area contributed by atoms with Crippen LogP contribution < -0.4 is 0 Å². The van der Waals surface area contributed by atoms with Gasteiger partial charge in [0.05, 0.1) is 30.1 Å². The fourth-order valence-corrected chi connectivity index (χ4v) is 3.17. The maximum atomic E-state index is 12.1. The second kappa shape index (κ2) is 8.98. The van der Waals surface area contributed by atoms with E-state index in [1.165, 1.54) is 0 Å². The third-order valence-corrected chi connectivity index (χ3v) is 4.68. The molecule has 6 nitrogen and oxygen atoms in total. The lowest BCUT2D eigenvalue weighted by Gasteiger charge is -2.18. The van der Waals surface area contributed by atoms with Crippen LogP contribution in [0.2, 0.25) is 0 Å². The number of benzene rings is 2. The second-order valence-electron chi connectivity index (χ2n) is 6.52. The van der Waals surface area contributed by atoms with E-state index >= 15 is 0 Å². The molecule has 2 aromatic carbocycles. The van der Waals surface area contributed by atoms with Crippen LogP contribution in [-0.2, 0) is 9.47 Å². The van der Waals surface area contributed by atoms with Gasteiger partial charge in [-0.25, -0.2) is 9.59 Å². The van der Waals surface area contributed by atoms with Crippen LogP contribution in [0.1, 0.15) is 33.6 Å². The van der Waals surface area contributed by atoms with E-state index in [1.807, 2.05) is 12.1 Å². The first kappa shape index (κ1) is 18.6. The van der Waals surface area contributed by atoms with Crippen LogP contribution in [0.3, 0.4) is 0 Å². The molecule has 0 aromatic heterocycles. The van der Waals surface area contributed by atoms with Crippen molar-refractivity contribution in [2.45, 2.75) is 12.8 Å². The summed E-state index contributed by atoms with van der Waals surface area (Å²) < 4.78 is 10.8. The minimum Gasteiger partial charge on any atom is -0.462 e. The van der Waals surface area contributed by atoms with Gasteiger partial charge in [0, 0.05) is 11.8 Å². The largest absolute Gasteiger partial charge is 0.462 e. The molecule has 27 heavy (non-hydrogen) atoms. The molecule has 1 aliphatic rings. The van der Waals surface area contributed by atoms with E-state index in [4.69, 9.17) is 14.7 Å². The van der Waals surface area contributed by atoms with Crippen LogP contribution in [0.15, 0.2) is 65.8 Å². The van der Waals surface area contributed by atoms with Gasteiger partial charge in [0.2, 0.25) is 0 Å². The molecule has 0 aliphatic heterocycles. The third kappa shape index (κ3) is 4.94. The highest BCUT2D eigenvalue weighted by Gasteiger charge is 2.34. The highest BCUT2D eigenvalue weighted by Crippen LogP contribution is 2.31. The van der Waals surface area contributed by atoms with E-state index in [0.717, 1.165) is 0 Å². The number of carbonyl (C=O) groups is 2. The number of nitrogens with zero attached hydrogens (tertiary/aromatic N) is 1. The quantitative estimate of drug-likeness (QED) is 0.479. The molecule has 1 aliphatic carbocycles. The lowest BCUT2D eigenvalue weighted by atomic mass is 9.98. The summed E-state index contributed by atoms with van der Waals surface area (Å²) in [5, 5.41) is 12.4. The van der Waals surface area contributed by atoms with Crippen molar-refractivity contribution in [3.05, 3.63) is 71.8 Å². The topological polar surface area (TPSA) is 85.2 Å². The summed E-state index contributed by atoms with van der Waals surface area (Å²) >= 11 is 0. The van der Waals surface area contributed by atoms with Crippen molar-refractivity contribution < 1.29 is 24.3 Å². The number of hydrogen-bond donors (Lipinski definition) is 1. The molecule has 1 saturated carbocycles. The minimum atomic E-state index is -0.398. The van der Waals surface area contributed by atoms with E-state index in [9.17, 15) is 9.59 Å². The molecular weight excluding hydrogens is 346 g/mol. The SMILES string of the molecule is O=C(OC[C@H]1CC(=NO)C[C@@H]1COC(=O)c1ccccc1)c1ccccc1. The van der Waals surface area contributed by atoms with Gasteiger partial charge in [0.15, 0.2) is 0 Å². The number of ether oxygens (including phenoxy) is 2. The maximum Gasteiger partial charge on any atom is 0.338 e. The smallest absolute Gasteiger partial charge is 0.338 e. The lowest BCUT2D eigenvalue weighted by Crippen LogP contribution is -2.22. The van der Waals surface area contributed by atoms with Crippen molar-refractivity contribution in [3.8, 4) is 0 Å². The number of rotatable bonds is 6. The molecule has 1 N–H and O–H groups in total. The Hall–Kier alpha value is -3.15. The molecule has 0 saturated heterocycles. The molecule has 0 unspecified atom stereocenters. The van der Waals surface area contributed by atoms with Gasteiger partial charge in [-0.15, -0.1) is 0 Å². The molecular formula is C21H21NO5. The van der Waals surface area contributed by atoms with Gasteiger partial charge in [-0.1, -0.05) is 41.6 Å². The van der Waals surface area contributed by atoms with Crippen molar-refractivity contribution >= 4 is 17.7 Å². The Morgan fingerprint density at radius 1 is 0.815 bits per heavy atom. The van der Waals surface area contributed by atoms with Crippen LogP contribution in [0.25, 0.3) is 0 Å². The van der Waals surface area contributed by atoms with Crippen molar-refractivity contribution in [2.24, 2.45) is 17.0 Å². The zero-order valence-electron chi connectivity index (χ0n) is 14.8. The fourth-order valence-electron chi connectivity index (χ4n) is 3.17. The molecule has 0 heterocycles. The van der Waals surface area contributed by atoms with E-state index in [0.29, 0.717) is 29.7 Å². The second-order valence-corrected chi connectivity index (χ2v) is 6.52. The van der Waals surface area contributed by atoms with Gasteiger partial charge in [-0.05, 0) is 37.1 Å². The monoisotopic (exact) mass is 367 g/mol. The number of oxime groups is 1. The van der Waals surface area contributed by atoms with E-state index in [-0.39, 0.29) is 25.0 Å². The Balaban J connectivity index is 1.56. The molecule has 2 aromatic rings. The molecule has 0 radical (unpaired) electrons. The molecule has 0 bridgehead atoms. The Morgan fingerprint density at radius 3 is 1.59 bits per heavy atom. The molecule has 2 atom stereocenters. The van der Waals surface area contributed by atoms with Crippen LogP contribution >= 0.6 is 0 Å². The van der Waals surface area contributed by atoms with E-state index in [2.05, 4.69) is 5.16 Å². The standard InChI is InChI=1S/C21H21NO5/c23-20(15-7-3-1-4-8-15)26-13-17-11-19(22-25)12-18(17)14-27-21(24)16-9-5-2-6-10-16/h1-10,17-18,25H,11-14H2/t17-,18-/m1/s1. The zero-order chi connectivity index (χ0) is 19.1. The normalized spacial score (nSPS) is 18.7. The summed E-state index contributed by atoms with van der Waals surface area (Å²) in [6.45, 7) is 0.362. The highest BCUT2D eigenvalue weighted by atomic mass is 16.5. The Morgan fingerprint density at radius 2 is 1.22 bits per heavy atom. The average molecular weight is 367 g/mol. The maximum absolute atomic E-state index is 12.1. The van der Waals surface area contributed by atoms with Gasteiger partial charge >= 0.3 is 11.9 Å². The lowest BCUT2D eigenvalue weighted by molar-refractivity contribution is 0.0268. The predicted octanol–water partition coefficient (Wildman–Crippen LogP) is 3.56. The van der Waals surface area contributed by atoms with Crippen LogP contribution in [0.4, 0.5) is 0 Å². The molecule has 1 fully saturated rings. The van der Waals surface area contributed by atoms with Crippen LogP contribution in [0.5, 0.6) is 0 Å². The van der Waals surface area contributed by atoms with Gasteiger partial charge < -0.3 is 14.7 Å².